The third-order valence-corrected chi connectivity index (χ3v) is 4.08. The number of hydrogen-bond acceptors (Lipinski definition) is 5. The highest BCUT2D eigenvalue weighted by atomic mass is 32.1. The van der Waals surface area contributed by atoms with Crippen molar-refractivity contribution in [2.75, 3.05) is 0 Å². The van der Waals surface area contributed by atoms with Crippen LogP contribution in [0.2, 0.25) is 0 Å². The smallest absolute Gasteiger partial charge is 0.170 e. The summed E-state index contributed by atoms with van der Waals surface area (Å²) in [5.74, 6) is -0.534. The molecule has 1 heterocycles. The molecule has 4 N–H and O–H groups in total. The summed E-state index contributed by atoms with van der Waals surface area (Å²) in [5, 5.41) is 15.8. The van der Waals surface area contributed by atoms with Crippen molar-refractivity contribution in [2.45, 2.75) is 26.4 Å². The Morgan fingerprint density at radius 3 is 2.90 bits per heavy atom. The molecule has 0 bridgehead atoms. The minimum absolute atomic E-state index is 0.0688. The molecule has 0 radical (unpaired) electrons. The lowest BCUT2D eigenvalue weighted by Crippen LogP contribution is -2.19. The van der Waals surface area contributed by atoms with E-state index in [1.165, 1.54) is 12.1 Å². The lowest BCUT2D eigenvalue weighted by molar-refractivity contribution is 0.318. The normalized spacial score (nSPS) is 13.4. The van der Waals surface area contributed by atoms with Crippen LogP contribution in [0, 0.1) is 12.7 Å². The van der Waals surface area contributed by atoms with E-state index < -0.39 is 5.82 Å². The van der Waals surface area contributed by atoms with Crippen molar-refractivity contribution >= 4 is 17.2 Å². The Hall–Kier alpha value is -1.99. The molecule has 7 heteroatoms. The number of nitrogens with zero attached hydrogens (tertiary/aromatic N) is 2. The van der Waals surface area contributed by atoms with E-state index in [2.05, 4.69) is 15.5 Å². The molecule has 112 valence electrons. The van der Waals surface area contributed by atoms with Crippen LogP contribution in [-0.4, -0.2) is 16.0 Å². The molecule has 1 atom stereocenters. The van der Waals surface area contributed by atoms with E-state index in [4.69, 9.17) is 10.9 Å². The fourth-order valence-electron chi connectivity index (χ4n) is 1.89. The average Bonchev–Trinajstić information content (AvgIpc) is 2.90. The Labute approximate surface area is 126 Å². The van der Waals surface area contributed by atoms with Crippen LogP contribution in [0.3, 0.4) is 0 Å². The maximum Gasteiger partial charge on any atom is 0.170 e. The van der Waals surface area contributed by atoms with Crippen LogP contribution < -0.4 is 11.1 Å². The molecule has 2 aromatic rings. The Morgan fingerprint density at radius 1 is 1.52 bits per heavy atom. The molecule has 0 saturated heterocycles. The maximum absolute atomic E-state index is 13.5. The highest BCUT2D eigenvalue weighted by molar-refractivity contribution is 7.11. The van der Waals surface area contributed by atoms with E-state index in [1.807, 2.05) is 20.0 Å². The predicted octanol–water partition coefficient (Wildman–Crippen LogP) is 2.54. The number of hydrogen-bond donors (Lipinski definition) is 3. The van der Waals surface area contributed by atoms with Gasteiger partial charge in [-0.15, -0.1) is 11.3 Å². The zero-order valence-corrected chi connectivity index (χ0v) is 12.6. The molecular weight excluding hydrogens is 291 g/mol. The van der Waals surface area contributed by atoms with Gasteiger partial charge in [0.1, 0.15) is 10.8 Å². The Balaban J connectivity index is 2.08. The summed E-state index contributed by atoms with van der Waals surface area (Å²) in [4.78, 5) is 5.47. The number of amidine groups is 1. The van der Waals surface area contributed by atoms with Crippen LogP contribution in [0.5, 0.6) is 0 Å². The van der Waals surface area contributed by atoms with E-state index in [1.54, 1.807) is 17.4 Å². The molecule has 0 aliphatic carbocycles. The second kappa shape index (κ2) is 6.64. The number of oxime groups is 1. The van der Waals surface area contributed by atoms with Crippen molar-refractivity contribution in [3.05, 3.63) is 51.2 Å². The van der Waals surface area contributed by atoms with Crippen molar-refractivity contribution in [3.8, 4) is 0 Å². The summed E-state index contributed by atoms with van der Waals surface area (Å²) >= 11 is 1.63. The van der Waals surface area contributed by atoms with Gasteiger partial charge in [0.05, 0.1) is 6.04 Å². The monoisotopic (exact) mass is 308 g/mol. The second-order valence-electron chi connectivity index (χ2n) is 4.75. The fraction of sp³-hybridized carbons (Fsp3) is 0.286. The van der Waals surface area contributed by atoms with Crippen molar-refractivity contribution in [3.63, 3.8) is 0 Å². The highest BCUT2D eigenvalue weighted by Gasteiger charge is 2.10. The topological polar surface area (TPSA) is 83.5 Å². The van der Waals surface area contributed by atoms with Crippen LogP contribution in [0.4, 0.5) is 4.39 Å². The van der Waals surface area contributed by atoms with E-state index in [9.17, 15) is 4.39 Å². The highest BCUT2D eigenvalue weighted by Crippen LogP contribution is 2.19. The first-order valence-electron chi connectivity index (χ1n) is 6.42. The second-order valence-corrected chi connectivity index (χ2v) is 6.01. The van der Waals surface area contributed by atoms with Gasteiger partial charge in [0.25, 0.3) is 0 Å². The van der Waals surface area contributed by atoms with Crippen molar-refractivity contribution in [1.82, 2.24) is 10.3 Å². The van der Waals surface area contributed by atoms with Crippen molar-refractivity contribution < 1.29 is 9.60 Å². The summed E-state index contributed by atoms with van der Waals surface area (Å²) in [6.45, 7) is 4.47. The first kappa shape index (κ1) is 15.4. The molecule has 0 aliphatic rings. The minimum Gasteiger partial charge on any atom is -0.409 e. The van der Waals surface area contributed by atoms with Crippen LogP contribution in [0.15, 0.2) is 29.6 Å². The summed E-state index contributed by atoms with van der Waals surface area (Å²) in [6.07, 6.45) is 1.83. The first-order valence-corrected chi connectivity index (χ1v) is 7.24. The van der Waals surface area contributed by atoms with Crippen LogP contribution in [0.25, 0.3) is 0 Å². The maximum atomic E-state index is 13.5. The molecule has 0 spiro atoms. The van der Waals surface area contributed by atoms with Gasteiger partial charge in [-0.2, -0.15) is 0 Å². The van der Waals surface area contributed by atoms with Gasteiger partial charge in [0.2, 0.25) is 0 Å². The average molecular weight is 308 g/mol. The molecule has 0 fully saturated rings. The van der Waals surface area contributed by atoms with Gasteiger partial charge in [0, 0.05) is 23.2 Å². The Kier molecular flexibility index (Phi) is 4.87. The number of aromatic nitrogens is 1. The molecule has 0 saturated carbocycles. The fourth-order valence-corrected chi connectivity index (χ4v) is 2.69. The third-order valence-electron chi connectivity index (χ3n) is 2.98. The van der Waals surface area contributed by atoms with Gasteiger partial charge in [-0.1, -0.05) is 5.16 Å². The SMILES string of the molecule is Cc1cnc(C(C)NCc2cc(F)cc(/C(N)=N/O)c2)s1. The van der Waals surface area contributed by atoms with Gasteiger partial charge >= 0.3 is 0 Å². The molecular formula is C14H17FN4OS. The molecule has 5 nitrogen and oxygen atoms in total. The number of nitrogens with one attached hydrogen (secondary N) is 1. The van der Waals surface area contributed by atoms with Crippen LogP contribution >= 0.6 is 11.3 Å². The van der Waals surface area contributed by atoms with Gasteiger partial charge in [-0.05, 0) is 37.6 Å². The number of rotatable bonds is 5. The van der Waals surface area contributed by atoms with Gasteiger partial charge in [-0.25, -0.2) is 9.37 Å². The minimum atomic E-state index is -0.423. The van der Waals surface area contributed by atoms with E-state index in [-0.39, 0.29) is 11.9 Å². The molecule has 2 rings (SSSR count). The van der Waals surface area contributed by atoms with E-state index in [0.717, 1.165) is 15.4 Å². The van der Waals surface area contributed by atoms with Gasteiger partial charge in [-0.3, -0.25) is 0 Å². The van der Waals surface area contributed by atoms with E-state index >= 15 is 0 Å². The number of thiazole rings is 1. The summed E-state index contributed by atoms with van der Waals surface area (Å²) in [7, 11) is 0. The third kappa shape index (κ3) is 3.99. The summed E-state index contributed by atoms with van der Waals surface area (Å²) in [6, 6.07) is 4.40. The molecule has 1 aromatic carbocycles. The van der Waals surface area contributed by atoms with Gasteiger partial charge < -0.3 is 16.3 Å². The predicted molar refractivity (Wildman–Crippen MR) is 81.0 cm³/mol. The Bertz CT molecular complexity index is 656. The standard InChI is InChI=1S/C14H17FN4OS/c1-8-6-18-14(21-8)9(2)17-7-10-3-11(13(16)19-20)5-12(15)4-10/h3-6,9,17,20H,7H2,1-2H3,(H2,16,19). The zero-order valence-electron chi connectivity index (χ0n) is 11.8. The van der Waals surface area contributed by atoms with E-state index in [0.29, 0.717) is 12.1 Å². The number of benzene rings is 1. The Morgan fingerprint density at radius 2 is 2.29 bits per heavy atom. The van der Waals surface area contributed by atoms with Crippen LogP contribution in [0.1, 0.15) is 34.0 Å². The molecule has 1 unspecified atom stereocenters. The molecule has 0 aliphatic heterocycles. The number of aryl methyl sites for hydroxylation is 1. The number of nitrogens with two attached hydrogens (primary N) is 1. The quantitative estimate of drug-likeness (QED) is 0.343. The summed E-state index contributed by atoms with van der Waals surface area (Å²) in [5.41, 5.74) is 6.56. The first-order chi connectivity index (χ1) is 9.99. The molecule has 1 aromatic heterocycles. The lowest BCUT2D eigenvalue weighted by Gasteiger charge is -2.12. The summed E-state index contributed by atoms with van der Waals surface area (Å²) < 4.78 is 13.5. The van der Waals surface area contributed by atoms with Crippen molar-refractivity contribution in [1.29, 1.82) is 0 Å². The number of halogens is 1. The zero-order chi connectivity index (χ0) is 15.4. The lowest BCUT2D eigenvalue weighted by atomic mass is 10.1. The van der Waals surface area contributed by atoms with Crippen molar-refractivity contribution in [2.24, 2.45) is 10.9 Å². The molecule has 21 heavy (non-hydrogen) atoms. The van der Waals surface area contributed by atoms with Gasteiger partial charge in [0.15, 0.2) is 5.84 Å². The molecule has 0 amide bonds. The van der Waals surface area contributed by atoms with Crippen LogP contribution in [-0.2, 0) is 6.54 Å². The largest absolute Gasteiger partial charge is 0.409 e.